The van der Waals surface area contributed by atoms with Crippen molar-refractivity contribution in [2.75, 3.05) is 25.0 Å². The van der Waals surface area contributed by atoms with Crippen LogP contribution >= 0.6 is 0 Å². The van der Waals surface area contributed by atoms with Gasteiger partial charge in [-0.2, -0.15) is 0 Å². The predicted octanol–water partition coefficient (Wildman–Crippen LogP) is 4.20. The Bertz CT molecular complexity index is 683. The van der Waals surface area contributed by atoms with Crippen molar-refractivity contribution in [1.82, 2.24) is 4.90 Å². The largest absolute Gasteiger partial charge is 0.396 e. The van der Waals surface area contributed by atoms with Gasteiger partial charge in [-0.25, -0.2) is 4.39 Å². The minimum absolute atomic E-state index is 0.0949. The second-order valence-corrected chi connectivity index (χ2v) is 6.95. The van der Waals surface area contributed by atoms with Crippen molar-refractivity contribution < 1.29 is 9.50 Å². The number of halogens is 1. The Hall–Kier alpha value is -1.91. The van der Waals surface area contributed by atoms with Gasteiger partial charge in [0.2, 0.25) is 0 Å². The molecule has 0 amide bonds. The molecule has 134 valence electrons. The summed E-state index contributed by atoms with van der Waals surface area (Å²) in [6.45, 7) is 5.20. The second-order valence-electron chi connectivity index (χ2n) is 6.95. The molecule has 1 saturated heterocycles. The number of piperidine rings is 1. The summed E-state index contributed by atoms with van der Waals surface area (Å²) in [4.78, 5) is 2.43. The molecule has 0 aliphatic carbocycles. The number of aliphatic hydroxyl groups excluding tert-OH is 1. The van der Waals surface area contributed by atoms with Crippen LogP contribution in [0.5, 0.6) is 0 Å². The van der Waals surface area contributed by atoms with E-state index in [-0.39, 0.29) is 11.9 Å². The lowest BCUT2D eigenvalue weighted by atomic mass is 9.97. The fraction of sp³-hybridized carbons (Fsp3) is 0.429. The number of para-hydroxylation sites is 1. The molecular formula is C21H27FN2O. The molecule has 1 aliphatic rings. The SMILES string of the molecule is CC(Nc1ccccc1CN1CCC(CO)CC1)c1ccccc1F. The average molecular weight is 342 g/mol. The van der Waals surface area contributed by atoms with E-state index in [9.17, 15) is 9.50 Å². The highest BCUT2D eigenvalue weighted by molar-refractivity contribution is 5.52. The summed E-state index contributed by atoms with van der Waals surface area (Å²) in [6.07, 6.45) is 2.11. The smallest absolute Gasteiger partial charge is 0.128 e. The number of aliphatic hydroxyl groups is 1. The van der Waals surface area contributed by atoms with Crippen molar-refractivity contribution in [1.29, 1.82) is 0 Å². The van der Waals surface area contributed by atoms with E-state index < -0.39 is 0 Å². The van der Waals surface area contributed by atoms with Gasteiger partial charge in [-0.3, -0.25) is 4.90 Å². The Labute approximate surface area is 149 Å². The lowest BCUT2D eigenvalue weighted by Gasteiger charge is -2.31. The molecule has 1 aliphatic heterocycles. The van der Waals surface area contributed by atoms with Crippen molar-refractivity contribution in [3.05, 3.63) is 65.5 Å². The van der Waals surface area contributed by atoms with E-state index in [0.717, 1.165) is 38.2 Å². The Balaban J connectivity index is 1.68. The Morgan fingerprint density at radius 1 is 1.12 bits per heavy atom. The number of hydrogen-bond acceptors (Lipinski definition) is 3. The van der Waals surface area contributed by atoms with Gasteiger partial charge in [-0.15, -0.1) is 0 Å². The highest BCUT2D eigenvalue weighted by Gasteiger charge is 2.19. The summed E-state index contributed by atoms with van der Waals surface area (Å²) in [5.74, 6) is 0.275. The maximum absolute atomic E-state index is 14.0. The first-order valence-electron chi connectivity index (χ1n) is 9.09. The molecule has 4 heteroatoms. The number of likely N-dealkylation sites (tertiary alicyclic amines) is 1. The maximum atomic E-state index is 14.0. The van der Waals surface area contributed by atoms with Crippen LogP contribution in [0.15, 0.2) is 48.5 Å². The molecule has 2 aromatic rings. The number of nitrogens with one attached hydrogen (secondary N) is 1. The summed E-state index contributed by atoms with van der Waals surface area (Å²) in [7, 11) is 0. The van der Waals surface area contributed by atoms with E-state index in [0.29, 0.717) is 18.1 Å². The van der Waals surface area contributed by atoms with E-state index in [2.05, 4.69) is 28.4 Å². The summed E-state index contributed by atoms with van der Waals surface area (Å²) in [6, 6.07) is 15.1. The van der Waals surface area contributed by atoms with Gasteiger partial charge in [-0.1, -0.05) is 36.4 Å². The minimum Gasteiger partial charge on any atom is -0.396 e. The van der Waals surface area contributed by atoms with Crippen LogP contribution in [0.1, 0.15) is 36.9 Å². The van der Waals surface area contributed by atoms with Crippen LogP contribution in [-0.4, -0.2) is 29.7 Å². The van der Waals surface area contributed by atoms with Crippen molar-refractivity contribution in [2.24, 2.45) is 5.92 Å². The van der Waals surface area contributed by atoms with E-state index in [1.165, 1.54) is 11.6 Å². The van der Waals surface area contributed by atoms with Gasteiger partial charge in [0.15, 0.2) is 0 Å². The molecule has 3 rings (SSSR count). The van der Waals surface area contributed by atoms with Gasteiger partial charge in [0.1, 0.15) is 5.82 Å². The van der Waals surface area contributed by atoms with Crippen molar-refractivity contribution >= 4 is 5.69 Å². The summed E-state index contributed by atoms with van der Waals surface area (Å²) in [5.41, 5.74) is 2.97. The fourth-order valence-electron chi connectivity index (χ4n) is 3.50. The fourth-order valence-corrected chi connectivity index (χ4v) is 3.50. The van der Waals surface area contributed by atoms with Crippen LogP contribution in [0.25, 0.3) is 0 Å². The van der Waals surface area contributed by atoms with E-state index in [1.807, 2.05) is 25.1 Å². The molecule has 0 aromatic heterocycles. The predicted molar refractivity (Wildman–Crippen MR) is 100.0 cm³/mol. The van der Waals surface area contributed by atoms with Crippen LogP contribution < -0.4 is 5.32 Å². The molecule has 0 bridgehead atoms. The summed E-state index contributed by atoms with van der Waals surface area (Å²) in [5, 5.41) is 12.8. The quantitative estimate of drug-likeness (QED) is 0.826. The van der Waals surface area contributed by atoms with Crippen LogP contribution in [-0.2, 0) is 6.54 Å². The highest BCUT2D eigenvalue weighted by atomic mass is 19.1. The monoisotopic (exact) mass is 342 g/mol. The number of rotatable bonds is 6. The normalized spacial score (nSPS) is 17.4. The average Bonchev–Trinajstić information content (AvgIpc) is 2.64. The number of hydrogen-bond donors (Lipinski definition) is 2. The second kappa shape index (κ2) is 8.45. The van der Waals surface area contributed by atoms with Crippen molar-refractivity contribution in [3.8, 4) is 0 Å². The zero-order chi connectivity index (χ0) is 17.6. The summed E-state index contributed by atoms with van der Waals surface area (Å²) < 4.78 is 14.0. The molecule has 2 N–H and O–H groups in total. The van der Waals surface area contributed by atoms with E-state index in [1.54, 1.807) is 6.07 Å². The molecule has 3 nitrogen and oxygen atoms in total. The molecule has 2 aromatic carbocycles. The lowest BCUT2D eigenvalue weighted by molar-refractivity contribution is 0.127. The van der Waals surface area contributed by atoms with Gasteiger partial charge in [0.25, 0.3) is 0 Å². The Morgan fingerprint density at radius 2 is 1.80 bits per heavy atom. The van der Waals surface area contributed by atoms with Crippen LogP contribution in [0.4, 0.5) is 10.1 Å². The summed E-state index contributed by atoms with van der Waals surface area (Å²) >= 11 is 0. The molecule has 1 unspecified atom stereocenters. The third-order valence-corrected chi connectivity index (χ3v) is 5.12. The van der Waals surface area contributed by atoms with Gasteiger partial charge in [-0.05, 0) is 56.5 Å². The zero-order valence-corrected chi connectivity index (χ0v) is 14.8. The standard InChI is InChI=1S/C21H27FN2O/c1-16(19-7-3-4-8-20(19)22)23-21-9-5-2-6-18(21)14-24-12-10-17(15-25)11-13-24/h2-9,16-17,23,25H,10-15H2,1H3. The number of anilines is 1. The highest BCUT2D eigenvalue weighted by Crippen LogP contribution is 2.26. The molecule has 1 fully saturated rings. The first-order valence-corrected chi connectivity index (χ1v) is 9.09. The Kier molecular flexibility index (Phi) is 6.05. The molecule has 1 atom stereocenters. The minimum atomic E-state index is -0.175. The molecule has 1 heterocycles. The maximum Gasteiger partial charge on any atom is 0.128 e. The number of nitrogens with zero attached hydrogens (tertiary/aromatic N) is 1. The van der Waals surface area contributed by atoms with E-state index >= 15 is 0 Å². The molecular weight excluding hydrogens is 315 g/mol. The lowest BCUT2D eigenvalue weighted by Crippen LogP contribution is -2.34. The van der Waals surface area contributed by atoms with Crippen LogP contribution in [0.3, 0.4) is 0 Å². The molecule has 0 spiro atoms. The molecule has 25 heavy (non-hydrogen) atoms. The van der Waals surface area contributed by atoms with E-state index in [4.69, 9.17) is 0 Å². The first kappa shape index (κ1) is 17.9. The topological polar surface area (TPSA) is 35.5 Å². The molecule has 0 radical (unpaired) electrons. The Morgan fingerprint density at radius 3 is 2.52 bits per heavy atom. The van der Waals surface area contributed by atoms with Crippen molar-refractivity contribution in [2.45, 2.75) is 32.4 Å². The van der Waals surface area contributed by atoms with Crippen molar-refractivity contribution in [3.63, 3.8) is 0 Å². The van der Waals surface area contributed by atoms with Crippen LogP contribution in [0, 0.1) is 11.7 Å². The van der Waals surface area contributed by atoms with Crippen LogP contribution in [0.2, 0.25) is 0 Å². The molecule has 0 saturated carbocycles. The third-order valence-electron chi connectivity index (χ3n) is 5.12. The van der Waals surface area contributed by atoms with Gasteiger partial charge in [0, 0.05) is 24.4 Å². The third kappa shape index (κ3) is 4.59. The first-order chi connectivity index (χ1) is 12.2. The van der Waals surface area contributed by atoms with Gasteiger partial charge < -0.3 is 10.4 Å². The van der Waals surface area contributed by atoms with Gasteiger partial charge >= 0.3 is 0 Å². The van der Waals surface area contributed by atoms with Gasteiger partial charge in [0.05, 0.1) is 6.04 Å². The zero-order valence-electron chi connectivity index (χ0n) is 14.8. The number of benzene rings is 2.